The number of nitrogens with zero attached hydrogens (tertiary/aromatic N) is 2. The molecule has 1 aromatic heterocycles. The zero-order valence-corrected chi connectivity index (χ0v) is 9.99. The van der Waals surface area contributed by atoms with E-state index >= 15 is 0 Å². The van der Waals surface area contributed by atoms with E-state index in [0.717, 1.165) is 0 Å². The van der Waals surface area contributed by atoms with E-state index in [0.29, 0.717) is 16.6 Å². The van der Waals surface area contributed by atoms with Gasteiger partial charge in [-0.3, -0.25) is 0 Å². The zero-order valence-electron chi connectivity index (χ0n) is 9.23. The Labute approximate surface area is 108 Å². The minimum atomic E-state index is -0.603. The second kappa shape index (κ2) is 5.48. The summed E-state index contributed by atoms with van der Waals surface area (Å²) >= 11 is 5.73. The van der Waals surface area contributed by atoms with E-state index in [1.165, 1.54) is 18.2 Å². The maximum absolute atomic E-state index is 13.3. The first-order valence-corrected chi connectivity index (χ1v) is 5.51. The number of nitriles is 1. The first-order valence-electron chi connectivity index (χ1n) is 5.13. The van der Waals surface area contributed by atoms with E-state index < -0.39 is 5.82 Å². The monoisotopic (exact) mass is 262 g/mol. The fraction of sp³-hybridized carbons (Fsp3) is 0.0769. The molecule has 0 N–H and O–H groups in total. The molecule has 0 fully saturated rings. The van der Waals surface area contributed by atoms with E-state index in [1.54, 1.807) is 24.3 Å². The molecule has 0 saturated heterocycles. The van der Waals surface area contributed by atoms with Crippen molar-refractivity contribution in [2.24, 2.45) is 0 Å². The summed E-state index contributed by atoms with van der Waals surface area (Å²) in [6.45, 7) is 0.186. The zero-order chi connectivity index (χ0) is 13.0. The Kier molecular flexibility index (Phi) is 3.75. The molecule has 0 saturated carbocycles. The van der Waals surface area contributed by atoms with Gasteiger partial charge in [0.25, 0.3) is 0 Å². The van der Waals surface area contributed by atoms with Crippen molar-refractivity contribution in [2.75, 3.05) is 0 Å². The second-order valence-corrected chi connectivity index (χ2v) is 3.88. The number of halogens is 2. The van der Waals surface area contributed by atoms with Gasteiger partial charge in [0.1, 0.15) is 29.4 Å². The van der Waals surface area contributed by atoms with Gasteiger partial charge >= 0.3 is 0 Å². The Morgan fingerprint density at radius 1 is 1.33 bits per heavy atom. The van der Waals surface area contributed by atoms with Crippen LogP contribution in [0.3, 0.4) is 0 Å². The lowest BCUT2D eigenvalue weighted by Crippen LogP contribution is -1.98. The SMILES string of the molecule is N#Cc1ccc(OCc2cccc(Cl)n2)cc1F. The van der Waals surface area contributed by atoms with Crippen LogP contribution in [0.25, 0.3) is 0 Å². The topological polar surface area (TPSA) is 45.9 Å². The van der Waals surface area contributed by atoms with Crippen molar-refractivity contribution < 1.29 is 9.13 Å². The highest BCUT2D eigenvalue weighted by Crippen LogP contribution is 2.17. The van der Waals surface area contributed by atoms with Gasteiger partial charge in [0.05, 0.1) is 11.3 Å². The number of hydrogen-bond acceptors (Lipinski definition) is 3. The number of aromatic nitrogens is 1. The molecule has 1 heterocycles. The van der Waals surface area contributed by atoms with Crippen LogP contribution in [-0.4, -0.2) is 4.98 Å². The maximum Gasteiger partial charge on any atom is 0.144 e. The van der Waals surface area contributed by atoms with Gasteiger partial charge in [-0.25, -0.2) is 9.37 Å². The molecule has 3 nitrogen and oxygen atoms in total. The molecule has 0 aliphatic heterocycles. The maximum atomic E-state index is 13.3. The molecule has 5 heteroatoms. The van der Waals surface area contributed by atoms with Gasteiger partial charge in [-0.1, -0.05) is 17.7 Å². The van der Waals surface area contributed by atoms with Crippen molar-refractivity contribution in [3.8, 4) is 11.8 Å². The van der Waals surface area contributed by atoms with Crippen LogP contribution < -0.4 is 4.74 Å². The van der Waals surface area contributed by atoms with E-state index in [-0.39, 0.29) is 12.2 Å². The summed E-state index contributed by atoms with van der Waals surface area (Å²) in [6, 6.07) is 11.0. The molecule has 0 spiro atoms. The predicted octanol–water partition coefficient (Wildman–Crippen LogP) is 3.32. The molecule has 18 heavy (non-hydrogen) atoms. The molecular weight excluding hydrogens is 255 g/mol. The van der Waals surface area contributed by atoms with Gasteiger partial charge < -0.3 is 4.74 Å². The number of benzene rings is 1. The number of pyridine rings is 1. The molecule has 0 aliphatic rings. The van der Waals surface area contributed by atoms with Crippen LogP contribution in [0.1, 0.15) is 11.3 Å². The molecule has 1 aromatic carbocycles. The molecule has 0 unspecified atom stereocenters. The van der Waals surface area contributed by atoms with E-state index in [2.05, 4.69) is 4.98 Å². The summed E-state index contributed by atoms with van der Waals surface area (Å²) < 4.78 is 18.7. The van der Waals surface area contributed by atoms with Crippen molar-refractivity contribution in [2.45, 2.75) is 6.61 Å². The normalized spacial score (nSPS) is 9.83. The average molecular weight is 263 g/mol. The summed E-state index contributed by atoms with van der Waals surface area (Å²) in [4.78, 5) is 4.04. The molecule has 0 bridgehead atoms. The van der Waals surface area contributed by atoms with E-state index in [1.807, 2.05) is 0 Å². The lowest BCUT2D eigenvalue weighted by Gasteiger charge is -2.06. The highest BCUT2D eigenvalue weighted by molar-refractivity contribution is 6.29. The Morgan fingerprint density at radius 2 is 2.17 bits per heavy atom. The number of ether oxygens (including phenoxy) is 1. The van der Waals surface area contributed by atoms with Crippen LogP contribution in [0, 0.1) is 17.1 Å². The summed E-state index contributed by atoms with van der Waals surface area (Å²) in [5.41, 5.74) is 0.635. The van der Waals surface area contributed by atoms with Crippen molar-refractivity contribution in [1.82, 2.24) is 4.98 Å². The average Bonchev–Trinajstić information content (AvgIpc) is 2.37. The van der Waals surface area contributed by atoms with Gasteiger partial charge in [0, 0.05) is 6.07 Å². The molecule has 2 aromatic rings. The van der Waals surface area contributed by atoms with Crippen molar-refractivity contribution in [3.63, 3.8) is 0 Å². The first kappa shape index (κ1) is 12.3. The molecule has 90 valence electrons. The van der Waals surface area contributed by atoms with E-state index in [4.69, 9.17) is 21.6 Å². The smallest absolute Gasteiger partial charge is 0.144 e. The lowest BCUT2D eigenvalue weighted by atomic mass is 10.2. The molecular formula is C13H8ClFN2O. The standard InChI is InChI=1S/C13H8ClFN2O/c14-13-3-1-2-10(17-13)8-18-11-5-4-9(7-16)12(15)6-11/h1-6H,8H2. The molecule has 2 rings (SSSR count). The summed E-state index contributed by atoms with van der Waals surface area (Å²) in [5, 5.41) is 8.97. The van der Waals surface area contributed by atoms with Crippen LogP contribution in [-0.2, 0) is 6.61 Å². The van der Waals surface area contributed by atoms with Crippen molar-refractivity contribution in [1.29, 1.82) is 5.26 Å². The van der Waals surface area contributed by atoms with Crippen LogP contribution in [0.4, 0.5) is 4.39 Å². The largest absolute Gasteiger partial charge is 0.487 e. The Morgan fingerprint density at radius 3 is 2.83 bits per heavy atom. The van der Waals surface area contributed by atoms with Crippen molar-refractivity contribution in [3.05, 3.63) is 58.6 Å². The lowest BCUT2D eigenvalue weighted by molar-refractivity contribution is 0.300. The van der Waals surface area contributed by atoms with Crippen LogP contribution in [0.15, 0.2) is 36.4 Å². The molecule has 0 aliphatic carbocycles. The summed E-state index contributed by atoms with van der Waals surface area (Å²) in [6.07, 6.45) is 0. The predicted molar refractivity (Wildman–Crippen MR) is 64.7 cm³/mol. The third kappa shape index (κ3) is 2.96. The minimum Gasteiger partial charge on any atom is -0.487 e. The van der Waals surface area contributed by atoms with E-state index in [9.17, 15) is 4.39 Å². The molecule has 0 atom stereocenters. The first-order chi connectivity index (χ1) is 8.69. The van der Waals surface area contributed by atoms with Gasteiger partial charge in [-0.05, 0) is 24.3 Å². The summed E-state index contributed by atoms with van der Waals surface area (Å²) in [7, 11) is 0. The fourth-order valence-electron chi connectivity index (χ4n) is 1.36. The number of hydrogen-bond donors (Lipinski definition) is 0. The number of rotatable bonds is 3. The fourth-order valence-corrected chi connectivity index (χ4v) is 1.55. The minimum absolute atomic E-state index is 0.0109. The Balaban J connectivity index is 2.07. The third-order valence-electron chi connectivity index (χ3n) is 2.22. The molecule has 0 amide bonds. The molecule has 0 radical (unpaired) electrons. The van der Waals surface area contributed by atoms with Gasteiger partial charge in [-0.2, -0.15) is 5.26 Å². The van der Waals surface area contributed by atoms with Crippen LogP contribution in [0.5, 0.6) is 5.75 Å². The van der Waals surface area contributed by atoms with Crippen LogP contribution in [0.2, 0.25) is 5.15 Å². The van der Waals surface area contributed by atoms with Crippen LogP contribution >= 0.6 is 11.6 Å². The quantitative estimate of drug-likeness (QED) is 0.797. The summed E-state index contributed by atoms with van der Waals surface area (Å²) in [5.74, 6) is -0.262. The highest BCUT2D eigenvalue weighted by Gasteiger charge is 2.04. The van der Waals surface area contributed by atoms with Gasteiger partial charge in [-0.15, -0.1) is 0 Å². The Bertz CT molecular complexity index is 610. The van der Waals surface area contributed by atoms with Crippen molar-refractivity contribution >= 4 is 11.6 Å². The second-order valence-electron chi connectivity index (χ2n) is 3.49. The third-order valence-corrected chi connectivity index (χ3v) is 2.43. The highest BCUT2D eigenvalue weighted by atomic mass is 35.5. The van der Waals surface area contributed by atoms with Gasteiger partial charge in [0.15, 0.2) is 0 Å². The Hall–Kier alpha value is -2.12. The van der Waals surface area contributed by atoms with Gasteiger partial charge in [0.2, 0.25) is 0 Å².